The third-order valence-corrected chi connectivity index (χ3v) is 4.52. The molecule has 1 aliphatic heterocycles. The SMILES string of the molecule is CCc1ccccc1NCCC(=O)N1CCN(c2ncccn2)CC1. The molecule has 0 aliphatic carbocycles. The summed E-state index contributed by atoms with van der Waals surface area (Å²) in [6.45, 7) is 5.81. The van der Waals surface area contributed by atoms with Crippen LogP contribution in [0.2, 0.25) is 0 Å². The Bertz CT molecular complexity index is 683. The Balaban J connectivity index is 1.44. The van der Waals surface area contributed by atoms with Crippen molar-refractivity contribution in [2.24, 2.45) is 0 Å². The summed E-state index contributed by atoms with van der Waals surface area (Å²) in [5, 5.41) is 3.39. The number of hydrogen-bond donors (Lipinski definition) is 1. The molecular formula is C19H25N5O. The summed E-state index contributed by atoms with van der Waals surface area (Å²) < 4.78 is 0. The maximum Gasteiger partial charge on any atom is 0.225 e. The van der Waals surface area contributed by atoms with E-state index in [0.717, 1.165) is 44.2 Å². The van der Waals surface area contributed by atoms with Crippen molar-refractivity contribution in [3.63, 3.8) is 0 Å². The monoisotopic (exact) mass is 339 g/mol. The first-order chi connectivity index (χ1) is 12.3. The van der Waals surface area contributed by atoms with Gasteiger partial charge in [-0.2, -0.15) is 0 Å². The number of piperazine rings is 1. The first kappa shape index (κ1) is 17.2. The van der Waals surface area contributed by atoms with E-state index in [9.17, 15) is 4.79 Å². The fourth-order valence-corrected chi connectivity index (χ4v) is 3.07. The molecule has 1 aromatic heterocycles. The first-order valence-corrected chi connectivity index (χ1v) is 8.89. The van der Waals surface area contributed by atoms with E-state index in [4.69, 9.17) is 0 Å². The van der Waals surface area contributed by atoms with Crippen molar-refractivity contribution in [2.45, 2.75) is 19.8 Å². The van der Waals surface area contributed by atoms with E-state index >= 15 is 0 Å². The Hall–Kier alpha value is -2.63. The second-order valence-electron chi connectivity index (χ2n) is 6.10. The molecule has 2 heterocycles. The molecule has 132 valence electrons. The maximum atomic E-state index is 12.4. The molecule has 1 aromatic carbocycles. The average molecular weight is 339 g/mol. The van der Waals surface area contributed by atoms with Gasteiger partial charge in [0.25, 0.3) is 0 Å². The number of nitrogens with zero attached hydrogens (tertiary/aromatic N) is 4. The van der Waals surface area contributed by atoms with Crippen LogP contribution in [0.4, 0.5) is 11.6 Å². The number of anilines is 2. The summed E-state index contributed by atoms with van der Waals surface area (Å²) in [4.78, 5) is 25.0. The molecule has 0 saturated carbocycles. The topological polar surface area (TPSA) is 61.4 Å². The summed E-state index contributed by atoms with van der Waals surface area (Å²) in [6, 6.07) is 10.1. The van der Waals surface area contributed by atoms with E-state index in [1.54, 1.807) is 12.4 Å². The van der Waals surface area contributed by atoms with Crippen LogP contribution < -0.4 is 10.2 Å². The summed E-state index contributed by atoms with van der Waals surface area (Å²) >= 11 is 0. The lowest BCUT2D eigenvalue weighted by molar-refractivity contribution is -0.131. The molecule has 0 bridgehead atoms. The zero-order chi connectivity index (χ0) is 17.5. The standard InChI is InChI=1S/C19H25N5O/c1-2-16-6-3-4-7-17(16)20-11-8-18(25)23-12-14-24(15-13-23)19-21-9-5-10-22-19/h3-7,9-10,20H,2,8,11-15H2,1H3. The molecule has 1 aliphatic rings. The molecular weight excluding hydrogens is 314 g/mol. The number of rotatable bonds is 6. The molecule has 1 amide bonds. The number of benzene rings is 1. The quantitative estimate of drug-likeness (QED) is 0.874. The lowest BCUT2D eigenvalue weighted by atomic mass is 10.1. The van der Waals surface area contributed by atoms with E-state index < -0.39 is 0 Å². The summed E-state index contributed by atoms with van der Waals surface area (Å²) in [5.41, 5.74) is 2.41. The molecule has 1 saturated heterocycles. The maximum absolute atomic E-state index is 12.4. The van der Waals surface area contributed by atoms with Gasteiger partial charge in [-0.1, -0.05) is 25.1 Å². The largest absolute Gasteiger partial charge is 0.384 e. The molecule has 0 spiro atoms. The Morgan fingerprint density at radius 2 is 1.80 bits per heavy atom. The van der Waals surface area contributed by atoms with Gasteiger partial charge in [-0.05, 0) is 24.1 Å². The fraction of sp³-hybridized carbons (Fsp3) is 0.421. The molecule has 0 radical (unpaired) electrons. The summed E-state index contributed by atoms with van der Waals surface area (Å²) in [7, 11) is 0. The fourth-order valence-electron chi connectivity index (χ4n) is 3.07. The lowest BCUT2D eigenvalue weighted by Crippen LogP contribution is -2.49. The van der Waals surface area contributed by atoms with E-state index in [-0.39, 0.29) is 5.91 Å². The molecule has 1 N–H and O–H groups in total. The van der Waals surface area contributed by atoms with Crippen LogP contribution in [0.1, 0.15) is 18.9 Å². The molecule has 3 rings (SSSR count). The van der Waals surface area contributed by atoms with Crippen LogP contribution in [0, 0.1) is 0 Å². The second-order valence-corrected chi connectivity index (χ2v) is 6.10. The van der Waals surface area contributed by atoms with Gasteiger partial charge in [0.2, 0.25) is 11.9 Å². The van der Waals surface area contributed by atoms with Crippen molar-refractivity contribution in [3.05, 3.63) is 48.3 Å². The van der Waals surface area contributed by atoms with Gasteiger partial charge in [-0.3, -0.25) is 4.79 Å². The molecule has 0 atom stereocenters. The smallest absolute Gasteiger partial charge is 0.225 e. The van der Waals surface area contributed by atoms with Crippen molar-refractivity contribution in [3.8, 4) is 0 Å². The van der Waals surface area contributed by atoms with Crippen LogP contribution in [-0.4, -0.2) is 53.5 Å². The van der Waals surface area contributed by atoms with Crippen LogP contribution in [0.15, 0.2) is 42.7 Å². The third kappa shape index (κ3) is 4.47. The average Bonchev–Trinajstić information content (AvgIpc) is 2.69. The highest BCUT2D eigenvalue weighted by molar-refractivity contribution is 5.77. The van der Waals surface area contributed by atoms with Crippen molar-refractivity contribution >= 4 is 17.5 Å². The highest BCUT2D eigenvalue weighted by Gasteiger charge is 2.22. The van der Waals surface area contributed by atoms with Crippen LogP contribution in [0.3, 0.4) is 0 Å². The summed E-state index contributed by atoms with van der Waals surface area (Å²) in [5.74, 6) is 0.947. The third-order valence-electron chi connectivity index (χ3n) is 4.52. The van der Waals surface area contributed by atoms with Gasteiger partial charge in [0.15, 0.2) is 0 Å². The second kappa shape index (κ2) is 8.46. The predicted octanol–water partition coefficient (Wildman–Crippen LogP) is 2.19. The van der Waals surface area contributed by atoms with E-state index in [2.05, 4.69) is 39.2 Å². The number of nitrogens with one attached hydrogen (secondary N) is 1. The molecule has 6 heteroatoms. The molecule has 1 fully saturated rings. The summed E-state index contributed by atoms with van der Waals surface area (Å²) in [6.07, 6.45) is 5.00. The van der Waals surface area contributed by atoms with E-state index in [0.29, 0.717) is 13.0 Å². The van der Waals surface area contributed by atoms with Gasteiger partial charge in [-0.15, -0.1) is 0 Å². The van der Waals surface area contributed by atoms with Crippen LogP contribution in [0.5, 0.6) is 0 Å². The highest BCUT2D eigenvalue weighted by Crippen LogP contribution is 2.15. The van der Waals surface area contributed by atoms with Gasteiger partial charge in [0.05, 0.1) is 0 Å². The highest BCUT2D eigenvalue weighted by atomic mass is 16.2. The number of para-hydroxylation sites is 1. The van der Waals surface area contributed by atoms with Gasteiger partial charge >= 0.3 is 0 Å². The lowest BCUT2D eigenvalue weighted by Gasteiger charge is -2.34. The van der Waals surface area contributed by atoms with Crippen molar-refractivity contribution in [1.29, 1.82) is 0 Å². The molecule has 25 heavy (non-hydrogen) atoms. The van der Waals surface area contributed by atoms with Crippen LogP contribution in [-0.2, 0) is 11.2 Å². The van der Waals surface area contributed by atoms with Crippen LogP contribution in [0.25, 0.3) is 0 Å². The van der Waals surface area contributed by atoms with E-state index in [1.807, 2.05) is 23.1 Å². The van der Waals surface area contributed by atoms with Crippen molar-refractivity contribution < 1.29 is 4.79 Å². The number of aromatic nitrogens is 2. The van der Waals surface area contributed by atoms with Gasteiger partial charge in [0.1, 0.15) is 0 Å². The van der Waals surface area contributed by atoms with Crippen molar-refractivity contribution in [1.82, 2.24) is 14.9 Å². The Kier molecular flexibility index (Phi) is 5.82. The molecule has 6 nitrogen and oxygen atoms in total. The number of hydrogen-bond acceptors (Lipinski definition) is 5. The van der Waals surface area contributed by atoms with Crippen molar-refractivity contribution in [2.75, 3.05) is 42.9 Å². The van der Waals surface area contributed by atoms with Crippen LogP contribution >= 0.6 is 0 Å². The number of aryl methyl sites for hydroxylation is 1. The van der Waals surface area contributed by atoms with Gasteiger partial charge < -0.3 is 15.1 Å². The number of carbonyl (C=O) groups excluding carboxylic acids is 1. The normalized spacial score (nSPS) is 14.4. The van der Waals surface area contributed by atoms with E-state index in [1.165, 1.54) is 5.56 Å². The molecule has 2 aromatic rings. The minimum Gasteiger partial charge on any atom is -0.384 e. The van der Waals surface area contributed by atoms with Gasteiger partial charge in [0, 0.05) is 57.2 Å². The predicted molar refractivity (Wildman–Crippen MR) is 99.8 cm³/mol. The first-order valence-electron chi connectivity index (χ1n) is 8.89. The Morgan fingerprint density at radius 3 is 2.52 bits per heavy atom. The number of amides is 1. The Labute approximate surface area is 148 Å². The molecule has 0 unspecified atom stereocenters. The number of carbonyl (C=O) groups is 1. The minimum atomic E-state index is 0.204. The zero-order valence-electron chi connectivity index (χ0n) is 14.7. The van der Waals surface area contributed by atoms with Gasteiger partial charge in [-0.25, -0.2) is 9.97 Å². The Morgan fingerprint density at radius 1 is 1.08 bits per heavy atom. The zero-order valence-corrected chi connectivity index (χ0v) is 14.7. The minimum absolute atomic E-state index is 0.204.